The number of nitrogens with zero attached hydrogens (tertiary/aromatic N) is 2. The topological polar surface area (TPSA) is 99.5 Å². The van der Waals surface area contributed by atoms with E-state index in [9.17, 15) is 13.2 Å². The van der Waals surface area contributed by atoms with Gasteiger partial charge in [-0.2, -0.15) is 5.26 Å². The molecule has 0 atom stereocenters. The monoisotopic (exact) mass is 525 g/mol. The average Bonchev–Trinajstić information content (AvgIpc) is 2.94. The van der Waals surface area contributed by atoms with Crippen molar-refractivity contribution in [3.63, 3.8) is 0 Å². The van der Waals surface area contributed by atoms with E-state index in [2.05, 4.69) is 0 Å². The lowest BCUT2D eigenvalue weighted by atomic mass is 10.0. The van der Waals surface area contributed by atoms with Gasteiger partial charge in [-0.05, 0) is 40.5 Å². The number of amides is 1. The van der Waals surface area contributed by atoms with Crippen LogP contribution in [0.3, 0.4) is 0 Å². The molecule has 1 amide bonds. The van der Waals surface area contributed by atoms with Crippen LogP contribution in [-0.2, 0) is 34.3 Å². The maximum absolute atomic E-state index is 13.4. The highest BCUT2D eigenvalue weighted by atomic mass is 32.2. The lowest BCUT2D eigenvalue weighted by molar-refractivity contribution is -0.131. The molecule has 0 aliphatic carbocycles. The van der Waals surface area contributed by atoms with Crippen molar-refractivity contribution in [2.24, 2.45) is 0 Å². The van der Waals surface area contributed by atoms with Crippen molar-refractivity contribution in [1.29, 1.82) is 5.26 Å². The van der Waals surface area contributed by atoms with Crippen LogP contribution < -0.4 is 9.46 Å². The van der Waals surface area contributed by atoms with E-state index < -0.39 is 10.0 Å². The third-order valence-electron chi connectivity index (χ3n) is 6.05. The molecule has 0 unspecified atom stereocenters. The number of benzene rings is 4. The highest BCUT2D eigenvalue weighted by molar-refractivity contribution is 7.89. The van der Waals surface area contributed by atoms with Crippen molar-refractivity contribution in [2.45, 2.75) is 24.4 Å². The molecule has 1 N–H and O–H groups in total. The van der Waals surface area contributed by atoms with Crippen molar-refractivity contribution in [3.8, 4) is 23.1 Å². The van der Waals surface area contributed by atoms with E-state index in [1.807, 2.05) is 83.6 Å². The Labute approximate surface area is 223 Å². The Balaban J connectivity index is 1.58. The van der Waals surface area contributed by atoms with Crippen LogP contribution in [-0.4, -0.2) is 26.3 Å². The summed E-state index contributed by atoms with van der Waals surface area (Å²) in [4.78, 5) is 15.2. The van der Waals surface area contributed by atoms with E-state index in [0.717, 1.165) is 16.7 Å². The van der Waals surface area contributed by atoms with Crippen LogP contribution in [0.1, 0.15) is 16.7 Å². The SMILES string of the molecule is COc1cccc(CC(=O)N(Cc2ccccc2)Cc2ccc(-c3ccccc3S(=O)(=O)NC#N)cc2)c1. The summed E-state index contributed by atoms with van der Waals surface area (Å²) in [5.74, 6) is 0.679. The zero-order valence-electron chi connectivity index (χ0n) is 20.9. The smallest absolute Gasteiger partial charge is 0.270 e. The number of nitrogens with one attached hydrogen (secondary N) is 1. The quantitative estimate of drug-likeness (QED) is 0.235. The summed E-state index contributed by atoms with van der Waals surface area (Å²) in [6.07, 6.45) is 1.72. The van der Waals surface area contributed by atoms with Crippen LogP contribution in [0.2, 0.25) is 0 Å². The van der Waals surface area contributed by atoms with Gasteiger partial charge >= 0.3 is 0 Å². The number of methoxy groups -OCH3 is 1. The van der Waals surface area contributed by atoms with Gasteiger partial charge in [0.05, 0.1) is 18.4 Å². The Morgan fingerprint density at radius 2 is 1.47 bits per heavy atom. The van der Waals surface area contributed by atoms with Crippen molar-refractivity contribution in [2.75, 3.05) is 7.11 Å². The van der Waals surface area contributed by atoms with Gasteiger partial charge in [0, 0.05) is 18.7 Å². The fourth-order valence-corrected chi connectivity index (χ4v) is 5.13. The lowest BCUT2D eigenvalue weighted by Crippen LogP contribution is -2.31. The van der Waals surface area contributed by atoms with Crippen molar-refractivity contribution < 1.29 is 17.9 Å². The minimum absolute atomic E-state index is 0.0217. The van der Waals surface area contributed by atoms with Crippen LogP contribution >= 0.6 is 0 Å². The van der Waals surface area contributed by atoms with Crippen LogP contribution in [0, 0.1) is 11.5 Å². The Bertz CT molecular complexity index is 1550. The van der Waals surface area contributed by atoms with Crippen LogP contribution in [0.25, 0.3) is 11.1 Å². The Morgan fingerprint density at radius 1 is 0.842 bits per heavy atom. The molecule has 192 valence electrons. The molecule has 4 aromatic rings. The predicted octanol–water partition coefficient (Wildman–Crippen LogP) is 4.89. The van der Waals surface area contributed by atoms with E-state index in [1.54, 1.807) is 30.2 Å². The first-order chi connectivity index (χ1) is 18.4. The maximum atomic E-state index is 13.4. The van der Waals surface area contributed by atoms with Gasteiger partial charge in [-0.25, -0.2) is 13.1 Å². The fourth-order valence-electron chi connectivity index (χ4n) is 4.17. The normalized spacial score (nSPS) is 10.8. The second kappa shape index (κ2) is 12.1. The van der Waals surface area contributed by atoms with E-state index in [1.165, 1.54) is 12.3 Å². The highest BCUT2D eigenvalue weighted by Crippen LogP contribution is 2.28. The summed E-state index contributed by atoms with van der Waals surface area (Å²) >= 11 is 0. The van der Waals surface area contributed by atoms with E-state index in [-0.39, 0.29) is 17.2 Å². The van der Waals surface area contributed by atoms with Crippen LogP contribution in [0.5, 0.6) is 5.75 Å². The first-order valence-electron chi connectivity index (χ1n) is 11.9. The number of nitriles is 1. The molecular formula is C30H27N3O4S. The third-order valence-corrected chi connectivity index (χ3v) is 7.35. The van der Waals surface area contributed by atoms with Gasteiger partial charge in [-0.3, -0.25) is 4.79 Å². The zero-order chi connectivity index (χ0) is 27.0. The molecule has 0 aliphatic rings. The molecule has 0 heterocycles. The minimum atomic E-state index is -3.97. The van der Waals surface area contributed by atoms with Gasteiger partial charge in [0.25, 0.3) is 10.0 Å². The van der Waals surface area contributed by atoms with E-state index >= 15 is 0 Å². The zero-order valence-corrected chi connectivity index (χ0v) is 21.7. The van der Waals surface area contributed by atoms with Gasteiger partial charge < -0.3 is 9.64 Å². The molecule has 0 aliphatic heterocycles. The Morgan fingerprint density at radius 3 is 2.16 bits per heavy atom. The van der Waals surface area contributed by atoms with Crippen molar-refractivity contribution in [1.82, 2.24) is 9.62 Å². The summed E-state index contributed by atoms with van der Waals surface area (Å²) in [5, 5.41) is 8.84. The van der Waals surface area contributed by atoms with Crippen LogP contribution in [0.4, 0.5) is 0 Å². The second-order valence-corrected chi connectivity index (χ2v) is 10.3. The maximum Gasteiger partial charge on any atom is 0.270 e. The molecule has 0 saturated heterocycles. The van der Waals surface area contributed by atoms with Gasteiger partial charge in [0.1, 0.15) is 5.75 Å². The molecule has 4 rings (SSSR count). The highest BCUT2D eigenvalue weighted by Gasteiger charge is 2.19. The molecule has 0 saturated carbocycles. The number of sulfonamides is 1. The molecule has 8 heteroatoms. The molecule has 0 bridgehead atoms. The number of hydrogen-bond donors (Lipinski definition) is 1. The molecule has 0 spiro atoms. The van der Waals surface area contributed by atoms with Gasteiger partial charge in [-0.1, -0.05) is 84.9 Å². The van der Waals surface area contributed by atoms with Crippen molar-refractivity contribution in [3.05, 3.63) is 120 Å². The summed E-state index contributed by atoms with van der Waals surface area (Å²) in [6, 6.07) is 31.2. The third kappa shape index (κ3) is 6.58. The summed E-state index contributed by atoms with van der Waals surface area (Å²) in [5.41, 5.74) is 3.96. The Kier molecular flexibility index (Phi) is 8.41. The summed E-state index contributed by atoms with van der Waals surface area (Å²) in [7, 11) is -2.37. The number of ether oxygens (including phenoxy) is 1. The molecule has 0 radical (unpaired) electrons. The summed E-state index contributed by atoms with van der Waals surface area (Å²) < 4.78 is 32.2. The second-order valence-electron chi connectivity index (χ2n) is 8.67. The molecule has 0 fully saturated rings. The first kappa shape index (κ1) is 26.5. The number of rotatable bonds is 10. The van der Waals surface area contributed by atoms with Crippen molar-refractivity contribution >= 4 is 15.9 Å². The molecule has 38 heavy (non-hydrogen) atoms. The molecule has 4 aromatic carbocycles. The fraction of sp³-hybridized carbons (Fsp3) is 0.133. The number of carbonyl (C=O) groups excluding carboxylic acids is 1. The predicted molar refractivity (Wildman–Crippen MR) is 145 cm³/mol. The van der Waals surface area contributed by atoms with Crippen LogP contribution in [0.15, 0.2) is 108 Å². The minimum Gasteiger partial charge on any atom is -0.497 e. The average molecular weight is 526 g/mol. The van der Waals surface area contributed by atoms with Gasteiger partial charge in [0.15, 0.2) is 6.19 Å². The largest absolute Gasteiger partial charge is 0.497 e. The van der Waals surface area contributed by atoms with E-state index in [4.69, 9.17) is 10.00 Å². The number of hydrogen-bond acceptors (Lipinski definition) is 5. The summed E-state index contributed by atoms with van der Waals surface area (Å²) in [6.45, 7) is 0.834. The molecular weight excluding hydrogens is 498 g/mol. The van der Waals surface area contributed by atoms with E-state index in [0.29, 0.717) is 30.0 Å². The number of carbonyl (C=O) groups is 1. The molecule has 0 aromatic heterocycles. The van der Waals surface area contributed by atoms with Gasteiger partial charge in [0.2, 0.25) is 5.91 Å². The van der Waals surface area contributed by atoms with Gasteiger partial charge in [-0.15, -0.1) is 0 Å². The lowest BCUT2D eigenvalue weighted by Gasteiger charge is -2.23. The first-order valence-corrected chi connectivity index (χ1v) is 13.4. The Hall–Kier alpha value is -4.61. The molecule has 7 nitrogen and oxygen atoms in total. The standard InChI is InChI=1S/C30H27N3O4S/c1-37-27-11-7-10-25(18-27)19-30(34)33(20-23-8-3-2-4-9-23)21-24-14-16-26(17-15-24)28-12-5-6-13-29(28)38(35,36)32-22-31/h2-18,32H,19-21H2,1H3.